The van der Waals surface area contributed by atoms with Crippen molar-refractivity contribution in [3.05, 3.63) is 29.3 Å². The monoisotopic (exact) mass is 339 g/mol. The SMILES string of the molecule is CC1CCC(C#Cc2ccc3c(c2)OC2(C3)CN(CC(=O)O)C2)CC1. The van der Waals surface area contributed by atoms with Crippen LogP contribution < -0.4 is 4.74 Å². The van der Waals surface area contributed by atoms with Crippen molar-refractivity contribution in [2.75, 3.05) is 19.6 Å². The second kappa shape index (κ2) is 6.38. The Morgan fingerprint density at radius 2 is 2.08 bits per heavy atom. The van der Waals surface area contributed by atoms with Gasteiger partial charge in [0.05, 0.1) is 6.54 Å². The van der Waals surface area contributed by atoms with Gasteiger partial charge in [0.15, 0.2) is 0 Å². The molecule has 25 heavy (non-hydrogen) atoms. The summed E-state index contributed by atoms with van der Waals surface area (Å²) in [5.74, 6) is 8.33. The molecule has 2 aliphatic heterocycles. The van der Waals surface area contributed by atoms with Gasteiger partial charge in [-0.15, -0.1) is 0 Å². The van der Waals surface area contributed by atoms with Gasteiger partial charge in [-0.05, 0) is 49.3 Å². The van der Waals surface area contributed by atoms with E-state index in [0.717, 1.165) is 23.7 Å². The Hall–Kier alpha value is -1.99. The molecule has 0 amide bonds. The summed E-state index contributed by atoms with van der Waals surface area (Å²) in [7, 11) is 0. The first-order valence-corrected chi connectivity index (χ1v) is 9.29. The number of carbonyl (C=O) groups is 1. The van der Waals surface area contributed by atoms with E-state index in [0.29, 0.717) is 19.0 Å². The number of nitrogens with zero attached hydrogens (tertiary/aromatic N) is 1. The third-order valence-electron chi connectivity index (χ3n) is 5.73. The average Bonchev–Trinajstić information content (AvgIpc) is 2.92. The van der Waals surface area contributed by atoms with Gasteiger partial charge in [0.1, 0.15) is 11.4 Å². The van der Waals surface area contributed by atoms with Crippen LogP contribution in [0.2, 0.25) is 0 Å². The number of carboxylic acid groups (broad SMARTS) is 1. The van der Waals surface area contributed by atoms with E-state index in [1.54, 1.807) is 0 Å². The Morgan fingerprint density at radius 3 is 2.80 bits per heavy atom. The minimum absolute atomic E-state index is 0.0954. The number of fused-ring (bicyclic) bond motifs is 1. The summed E-state index contributed by atoms with van der Waals surface area (Å²) < 4.78 is 6.19. The van der Waals surface area contributed by atoms with E-state index in [1.165, 1.54) is 31.2 Å². The molecule has 4 nitrogen and oxygen atoms in total. The molecular formula is C21H25NO3. The lowest BCUT2D eigenvalue weighted by molar-refractivity contribution is -0.143. The predicted molar refractivity (Wildman–Crippen MR) is 95.6 cm³/mol. The zero-order valence-corrected chi connectivity index (χ0v) is 14.8. The van der Waals surface area contributed by atoms with Crippen molar-refractivity contribution in [2.24, 2.45) is 11.8 Å². The number of hydrogen-bond acceptors (Lipinski definition) is 3. The van der Waals surface area contributed by atoms with Crippen molar-refractivity contribution < 1.29 is 14.6 Å². The minimum Gasteiger partial charge on any atom is -0.484 e. The van der Waals surface area contributed by atoms with Gasteiger partial charge in [-0.2, -0.15) is 0 Å². The molecule has 1 spiro atoms. The standard InChI is InChI=1S/C21H25NO3/c1-15-2-4-16(5-3-15)6-7-17-8-9-18-11-21(25-19(18)10-17)13-22(14-21)12-20(23)24/h8-10,15-16H,2-5,11-14H2,1H3,(H,23,24). The van der Waals surface area contributed by atoms with E-state index in [-0.39, 0.29) is 12.1 Å². The quantitative estimate of drug-likeness (QED) is 0.842. The number of benzene rings is 1. The number of rotatable bonds is 2. The lowest BCUT2D eigenvalue weighted by Gasteiger charge is -2.46. The normalized spacial score (nSPS) is 26.9. The Balaban J connectivity index is 1.39. The molecule has 0 unspecified atom stereocenters. The molecule has 1 saturated carbocycles. The molecule has 0 bridgehead atoms. The molecular weight excluding hydrogens is 314 g/mol. The molecule has 1 aromatic rings. The van der Waals surface area contributed by atoms with Crippen LogP contribution in [0.4, 0.5) is 0 Å². The van der Waals surface area contributed by atoms with E-state index in [2.05, 4.69) is 37.0 Å². The molecule has 1 N–H and O–H groups in total. The first-order chi connectivity index (χ1) is 12.0. The van der Waals surface area contributed by atoms with Gasteiger partial charge in [-0.1, -0.05) is 24.8 Å². The van der Waals surface area contributed by atoms with Crippen LogP contribution in [0.5, 0.6) is 5.75 Å². The number of carboxylic acids is 1. The second-order valence-electron chi connectivity index (χ2n) is 8.05. The summed E-state index contributed by atoms with van der Waals surface area (Å²) in [6.45, 7) is 3.80. The van der Waals surface area contributed by atoms with Crippen LogP contribution in [0.3, 0.4) is 0 Å². The third kappa shape index (κ3) is 3.52. The maximum Gasteiger partial charge on any atom is 0.317 e. The van der Waals surface area contributed by atoms with Gasteiger partial charge in [-0.3, -0.25) is 9.69 Å². The van der Waals surface area contributed by atoms with Crippen LogP contribution in [0, 0.1) is 23.7 Å². The maximum atomic E-state index is 10.8. The zero-order valence-electron chi connectivity index (χ0n) is 14.8. The van der Waals surface area contributed by atoms with Gasteiger partial charge >= 0.3 is 5.97 Å². The molecule has 132 valence electrons. The van der Waals surface area contributed by atoms with Crippen LogP contribution in [0.1, 0.15) is 43.7 Å². The fraction of sp³-hybridized carbons (Fsp3) is 0.571. The predicted octanol–water partition coefficient (Wildman–Crippen LogP) is 2.94. The number of hydrogen-bond donors (Lipinski definition) is 1. The molecule has 1 saturated heterocycles. The van der Waals surface area contributed by atoms with E-state index in [1.807, 2.05) is 4.90 Å². The fourth-order valence-electron chi connectivity index (χ4n) is 4.33. The minimum atomic E-state index is -0.778. The average molecular weight is 339 g/mol. The molecule has 0 aromatic heterocycles. The first-order valence-electron chi connectivity index (χ1n) is 9.29. The van der Waals surface area contributed by atoms with Crippen LogP contribution in [0.15, 0.2) is 18.2 Å². The van der Waals surface area contributed by atoms with Crippen molar-refractivity contribution in [2.45, 2.75) is 44.6 Å². The summed E-state index contributed by atoms with van der Waals surface area (Å²) in [6, 6.07) is 6.27. The largest absolute Gasteiger partial charge is 0.484 e. The lowest BCUT2D eigenvalue weighted by Crippen LogP contribution is -2.65. The second-order valence-corrected chi connectivity index (χ2v) is 8.05. The van der Waals surface area contributed by atoms with E-state index >= 15 is 0 Å². The van der Waals surface area contributed by atoms with Gasteiger partial charge in [0.25, 0.3) is 0 Å². The maximum absolute atomic E-state index is 10.8. The molecule has 2 fully saturated rings. The van der Waals surface area contributed by atoms with E-state index < -0.39 is 5.97 Å². The van der Waals surface area contributed by atoms with Crippen molar-refractivity contribution >= 4 is 5.97 Å². The molecule has 1 aliphatic carbocycles. The highest BCUT2D eigenvalue weighted by atomic mass is 16.5. The smallest absolute Gasteiger partial charge is 0.317 e. The van der Waals surface area contributed by atoms with Crippen molar-refractivity contribution in [3.8, 4) is 17.6 Å². The Labute approximate surface area is 149 Å². The molecule has 0 atom stereocenters. The van der Waals surface area contributed by atoms with Crippen LogP contribution in [-0.4, -0.2) is 41.2 Å². The molecule has 1 aromatic carbocycles. The molecule has 0 radical (unpaired) electrons. The van der Waals surface area contributed by atoms with Gasteiger partial charge in [0.2, 0.25) is 0 Å². The topological polar surface area (TPSA) is 49.8 Å². The van der Waals surface area contributed by atoms with E-state index in [9.17, 15) is 4.79 Å². The van der Waals surface area contributed by atoms with Crippen LogP contribution in [-0.2, 0) is 11.2 Å². The van der Waals surface area contributed by atoms with Gasteiger partial charge in [-0.25, -0.2) is 0 Å². The van der Waals surface area contributed by atoms with Crippen LogP contribution >= 0.6 is 0 Å². The van der Waals surface area contributed by atoms with Crippen molar-refractivity contribution in [1.82, 2.24) is 4.90 Å². The summed E-state index contributed by atoms with van der Waals surface area (Å²) >= 11 is 0. The highest BCUT2D eigenvalue weighted by molar-refractivity contribution is 5.69. The van der Waals surface area contributed by atoms with E-state index in [4.69, 9.17) is 9.84 Å². The summed E-state index contributed by atoms with van der Waals surface area (Å²) in [5.41, 5.74) is 2.02. The molecule has 4 rings (SSSR count). The lowest BCUT2D eigenvalue weighted by atomic mass is 9.83. The first kappa shape index (κ1) is 16.5. The fourth-order valence-corrected chi connectivity index (χ4v) is 4.33. The molecule has 4 heteroatoms. The molecule has 3 aliphatic rings. The summed E-state index contributed by atoms with van der Waals surface area (Å²) in [5, 5.41) is 8.87. The Morgan fingerprint density at radius 1 is 1.32 bits per heavy atom. The van der Waals surface area contributed by atoms with Gasteiger partial charge in [0, 0.05) is 31.0 Å². The third-order valence-corrected chi connectivity index (χ3v) is 5.73. The Bertz CT molecular complexity index is 731. The van der Waals surface area contributed by atoms with Gasteiger partial charge < -0.3 is 9.84 Å². The zero-order chi connectivity index (χ0) is 17.4. The highest BCUT2D eigenvalue weighted by Gasteiger charge is 2.49. The summed E-state index contributed by atoms with van der Waals surface area (Å²) in [4.78, 5) is 12.7. The number of likely N-dealkylation sites (tertiary alicyclic amines) is 1. The van der Waals surface area contributed by atoms with Crippen molar-refractivity contribution in [1.29, 1.82) is 0 Å². The molecule has 2 heterocycles. The Kier molecular flexibility index (Phi) is 4.21. The summed E-state index contributed by atoms with van der Waals surface area (Å²) in [6.07, 6.45) is 5.90. The highest BCUT2D eigenvalue weighted by Crippen LogP contribution is 2.40. The number of ether oxygens (including phenoxy) is 1. The van der Waals surface area contributed by atoms with Crippen LogP contribution in [0.25, 0.3) is 0 Å². The number of aliphatic carboxylic acids is 1. The van der Waals surface area contributed by atoms with Crippen molar-refractivity contribution in [3.63, 3.8) is 0 Å².